The van der Waals surface area contributed by atoms with Crippen LogP contribution in [-0.4, -0.2) is 31.7 Å². The first-order valence-electron chi connectivity index (χ1n) is 7.21. The van der Waals surface area contributed by atoms with E-state index in [0.29, 0.717) is 12.2 Å². The maximum absolute atomic E-state index is 12.8. The molecule has 0 radical (unpaired) electrons. The van der Waals surface area contributed by atoms with Crippen molar-refractivity contribution >= 4 is 11.6 Å². The van der Waals surface area contributed by atoms with E-state index in [2.05, 4.69) is 9.97 Å². The lowest BCUT2D eigenvalue weighted by atomic mass is 10.1. The van der Waals surface area contributed by atoms with Crippen LogP contribution in [0.4, 0.5) is 5.69 Å². The van der Waals surface area contributed by atoms with E-state index in [-0.39, 0.29) is 23.2 Å². The predicted octanol–water partition coefficient (Wildman–Crippen LogP) is 2.74. The van der Waals surface area contributed by atoms with E-state index in [1.54, 1.807) is 30.3 Å². The third kappa shape index (κ3) is 3.88. The molecule has 0 aliphatic rings. The summed E-state index contributed by atoms with van der Waals surface area (Å²) in [6.07, 6.45) is 4.52. The largest absolute Gasteiger partial charge is 0.332 e. The molecule has 23 heavy (non-hydrogen) atoms. The summed E-state index contributed by atoms with van der Waals surface area (Å²) in [5.74, 6) is -0.280. The summed E-state index contributed by atoms with van der Waals surface area (Å²) in [4.78, 5) is 32.8. The molecule has 0 unspecified atom stereocenters. The Hall–Kier alpha value is -2.83. The van der Waals surface area contributed by atoms with E-state index >= 15 is 0 Å². The van der Waals surface area contributed by atoms with Gasteiger partial charge in [0, 0.05) is 31.0 Å². The van der Waals surface area contributed by atoms with Crippen LogP contribution in [0.2, 0.25) is 0 Å². The van der Waals surface area contributed by atoms with Gasteiger partial charge in [0.15, 0.2) is 0 Å². The molecule has 0 spiro atoms. The first-order chi connectivity index (χ1) is 10.9. The van der Waals surface area contributed by atoms with E-state index in [4.69, 9.17) is 0 Å². The Morgan fingerprint density at radius 3 is 2.70 bits per heavy atom. The summed E-state index contributed by atoms with van der Waals surface area (Å²) in [5.41, 5.74) is 1.42. The first-order valence-corrected chi connectivity index (χ1v) is 7.21. The fraction of sp³-hybridized carbons (Fsp3) is 0.312. The molecule has 1 amide bonds. The molecule has 7 nitrogen and oxygen atoms in total. The lowest BCUT2D eigenvalue weighted by molar-refractivity contribution is -0.385. The molecule has 2 aromatic heterocycles. The van der Waals surface area contributed by atoms with Gasteiger partial charge in [-0.05, 0) is 32.4 Å². The molecule has 2 rings (SSSR count). The van der Waals surface area contributed by atoms with Gasteiger partial charge in [-0.25, -0.2) is 0 Å². The summed E-state index contributed by atoms with van der Waals surface area (Å²) < 4.78 is 0. The van der Waals surface area contributed by atoms with Crippen molar-refractivity contribution in [2.45, 2.75) is 33.4 Å². The van der Waals surface area contributed by atoms with Gasteiger partial charge >= 0.3 is 0 Å². The van der Waals surface area contributed by atoms with E-state index in [9.17, 15) is 14.9 Å². The minimum atomic E-state index is -0.552. The fourth-order valence-electron chi connectivity index (χ4n) is 2.17. The molecule has 0 N–H and O–H groups in total. The Labute approximate surface area is 134 Å². The second-order valence-corrected chi connectivity index (χ2v) is 5.47. The molecule has 0 aliphatic heterocycles. The van der Waals surface area contributed by atoms with Crippen LogP contribution in [0.3, 0.4) is 0 Å². The standard InChI is InChI=1S/C16H18N4O3/c1-11(2)19(10-13-5-4-6-17-8-13)16(21)15-7-14(20(22)23)9-18-12(15)3/h4-9,11H,10H2,1-3H3. The number of aromatic nitrogens is 2. The lowest BCUT2D eigenvalue weighted by Crippen LogP contribution is -2.37. The number of hydrogen-bond donors (Lipinski definition) is 0. The van der Waals surface area contributed by atoms with Crippen molar-refractivity contribution in [3.05, 3.63) is 63.7 Å². The minimum Gasteiger partial charge on any atom is -0.332 e. The minimum absolute atomic E-state index is 0.0682. The van der Waals surface area contributed by atoms with E-state index in [1.165, 1.54) is 6.07 Å². The Morgan fingerprint density at radius 1 is 1.39 bits per heavy atom. The summed E-state index contributed by atoms with van der Waals surface area (Å²) in [6, 6.07) is 4.90. The van der Waals surface area contributed by atoms with Crippen LogP contribution in [-0.2, 0) is 6.54 Å². The van der Waals surface area contributed by atoms with Gasteiger partial charge in [0.25, 0.3) is 11.6 Å². The number of nitrogens with zero attached hydrogens (tertiary/aromatic N) is 4. The Balaban J connectivity index is 2.35. The van der Waals surface area contributed by atoms with Crippen molar-refractivity contribution in [2.24, 2.45) is 0 Å². The zero-order chi connectivity index (χ0) is 17.0. The zero-order valence-electron chi connectivity index (χ0n) is 13.3. The molecule has 2 aromatic rings. The van der Waals surface area contributed by atoms with Gasteiger partial charge in [-0.2, -0.15) is 0 Å². The maximum Gasteiger partial charge on any atom is 0.288 e. The topological polar surface area (TPSA) is 89.2 Å². The highest BCUT2D eigenvalue weighted by molar-refractivity contribution is 5.96. The van der Waals surface area contributed by atoms with Crippen LogP contribution in [0.15, 0.2) is 36.8 Å². The summed E-state index contributed by atoms with van der Waals surface area (Å²) in [7, 11) is 0. The van der Waals surface area contributed by atoms with Gasteiger partial charge in [0.1, 0.15) is 6.20 Å². The summed E-state index contributed by atoms with van der Waals surface area (Å²) in [5, 5.41) is 10.9. The second-order valence-electron chi connectivity index (χ2n) is 5.47. The Morgan fingerprint density at radius 2 is 2.13 bits per heavy atom. The monoisotopic (exact) mass is 314 g/mol. The molecule has 0 aliphatic carbocycles. The number of amides is 1. The molecular weight excluding hydrogens is 296 g/mol. The van der Waals surface area contributed by atoms with Gasteiger partial charge < -0.3 is 4.90 Å². The summed E-state index contributed by atoms with van der Waals surface area (Å²) >= 11 is 0. The van der Waals surface area contributed by atoms with E-state index < -0.39 is 4.92 Å². The Kier molecular flexibility index (Phi) is 5.00. The molecule has 2 heterocycles. The van der Waals surface area contributed by atoms with Crippen LogP contribution in [0.5, 0.6) is 0 Å². The van der Waals surface area contributed by atoms with Crippen molar-refractivity contribution in [1.82, 2.24) is 14.9 Å². The first kappa shape index (κ1) is 16.5. The van der Waals surface area contributed by atoms with Gasteiger partial charge in [0.2, 0.25) is 0 Å². The fourth-order valence-corrected chi connectivity index (χ4v) is 2.17. The molecule has 0 aromatic carbocycles. The van der Waals surface area contributed by atoms with Crippen LogP contribution >= 0.6 is 0 Å². The SMILES string of the molecule is Cc1ncc([N+](=O)[O-])cc1C(=O)N(Cc1cccnc1)C(C)C. The van der Waals surface area contributed by atoms with Gasteiger partial charge in [-0.15, -0.1) is 0 Å². The number of carbonyl (C=O) groups excluding carboxylic acids is 1. The highest BCUT2D eigenvalue weighted by atomic mass is 16.6. The highest BCUT2D eigenvalue weighted by Gasteiger charge is 2.23. The van der Waals surface area contributed by atoms with Gasteiger partial charge in [0.05, 0.1) is 16.2 Å². The normalized spacial score (nSPS) is 10.6. The lowest BCUT2D eigenvalue weighted by Gasteiger charge is -2.27. The maximum atomic E-state index is 12.8. The predicted molar refractivity (Wildman–Crippen MR) is 84.9 cm³/mol. The highest BCUT2D eigenvalue weighted by Crippen LogP contribution is 2.19. The van der Waals surface area contributed by atoms with Crippen molar-refractivity contribution in [3.8, 4) is 0 Å². The van der Waals surface area contributed by atoms with Crippen LogP contribution in [0.25, 0.3) is 0 Å². The number of aryl methyl sites for hydroxylation is 1. The average Bonchev–Trinajstić information content (AvgIpc) is 2.53. The van der Waals surface area contributed by atoms with Crippen LogP contribution in [0.1, 0.15) is 35.5 Å². The number of hydrogen-bond acceptors (Lipinski definition) is 5. The molecule has 0 saturated carbocycles. The van der Waals surface area contributed by atoms with Crippen LogP contribution in [0, 0.1) is 17.0 Å². The van der Waals surface area contributed by atoms with Crippen molar-refractivity contribution < 1.29 is 9.72 Å². The number of pyridine rings is 2. The van der Waals surface area contributed by atoms with E-state index in [1.807, 2.05) is 19.9 Å². The van der Waals surface area contributed by atoms with Crippen molar-refractivity contribution in [1.29, 1.82) is 0 Å². The average molecular weight is 314 g/mol. The molecule has 7 heteroatoms. The molecular formula is C16H18N4O3. The quantitative estimate of drug-likeness (QED) is 0.625. The smallest absolute Gasteiger partial charge is 0.288 e. The number of nitro groups is 1. The van der Waals surface area contributed by atoms with Gasteiger partial charge in [-0.1, -0.05) is 6.07 Å². The number of carbonyl (C=O) groups is 1. The molecule has 0 fully saturated rings. The number of rotatable bonds is 5. The third-order valence-corrected chi connectivity index (χ3v) is 3.47. The Bertz CT molecular complexity index is 717. The van der Waals surface area contributed by atoms with Gasteiger partial charge in [-0.3, -0.25) is 24.9 Å². The zero-order valence-corrected chi connectivity index (χ0v) is 13.3. The second kappa shape index (κ2) is 6.95. The molecule has 0 atom stereocenters. The third-order valence-electron chi connectivity index (χ3n) is 3.47. The van der Waals surface area contributed by atoms with Crippen molar-refractivity contribution in [2.75, 3.05) is 0 Å². The summed E-state index contributed by atoms with van der Waals surface area (Å²) in [6.45, 7) is 5.84. The van der Waals surface area contributed by atoms with Crippen LogP contribution < -0.4 is 0 Å². The molecule has 0 bridgehead atoms. The van der Waals surface area contributed by atoms with E-state index in [0.717, 1.165) is 11.8 Å². The molecule has 120 valence electrons. The molecule has 0 saturated heterocycles. The van der Waals surface area contributed by atoms with Crippen molar-refractivity contribution in [3.63, 3.8) is 0 Å².